The van der Waals surface area contributed by atoms with E-state index in [4.69, 9.17) is 9.47 Å². The Bertz CT molecular complexity index is 1620. The summed E-state index contributed by atoms with van der Waals surface area (Å²) < 4.78 is 12.3. The van der Waals surface area contributed by atoms with Crippen LogP contribution in [0.25, 0.3) is 11.7 Å². The Morgan fingerprint density at radius 2 is 2.03 bits per heavy atom. The average molecular weight is 535 g/mol. The maximum absolute atomic E-state index is 11.5. The predicted octanol–water partition coefficient (Wildman–Crippen LogP) is 1.70. The van der Waals surface area contributed by atoms with Crippen molar-refractivity contribution < 1.29 is 19.4 Å². The van der Waals surface area contributed by atoms with Crippen molar-refractivity contribution >= 4 is 29.3 Å². The minimum absolute atomic E-state index is 0.156. The molecular weight excluding hydrogens is 504 g/mol. The van der Waals surface area contributed by atoms with Crippen LogP contribution in [0.15, 0.2) is 40.2 Å². The zero-order valence-electron chi connectivity index (χ0n) is 21.5. The topological polar surface area (TPSA) is 172 Å². The summed E-state index contributed by atoms with van der Waals surface area (Å²) in [5.41, 5.74) is 1.35. The number of nitrogens with one attached hydrogen (secondary N) is 3. The molecule has 3 aromatic heterocycles. The summed E-state index contributed by atoms with van der Waals surface area (Å²) >= 11 is 0. The number of esters is 1. The maximum atomic E-state index is 11.5. The van der Waals surface area contributed by atoms with Gasteiger partial charge in [-0.15, -0.1) is 0 Å². The average Bonchev–Trinajstić information content (AvgIpc) is 3.55. The molecule has 0 amide bonds. The highest BCUT2D eigenvalue weighted by molar-refractivity contribution is 5.69. The summed E-state index contributed by atoms with van der Waals surface area (Å²) in [6.45, 7) is 2.78. The Labute approximate surface area is 222 Å². The molecule has 1 fully saturated rings. The molecule has 0 saturated heterocycles. The van der Waals surface area contributed by atoms with Crippen LogP contribution in [0.1, 0.15) is 51.1 Å². The number of benzene rings is 1. The van der Waals surface area contributed by atoms with Gasteiger partial charge in [0.25, 0.3) is 5.62 Å². The first-order valence-electron chi connectivity index (χ1n) is 13.0. The second kappa shape index (κ2) is 11.8. The maximum Gasteiger partial charge on any atom is 0.326 e. The summed E-state index contributed by atoms with van der Waals surface area (Å²) in [6.07, 6.45) is 8.11. The highest BCUT2D eigenvalue weighted by Gasteiger charge is 2.21. The summed E-state index contributed by atoms with van der Waals surface area (Å²) in [5, 5.41) is 18.1. The van der Waals surface area contributed by atoms with E-state index in [9.17, 15) is 14.7 Å². The molecule has 4 N–H and O–H groups in total. The van der Waals surface area contributed by atoms with Crippen molar-refractivity contribution in [3.63, 3.8) is 0 Å². The first-order valence-corrected chi connectivity index (χ1v) is 13.0. The van der Waals surface area contributed by atoms with Crippen LogP contribution in [-0.2, 0) is 9.53 Å². The number of carbonyl (C=O) groups excluding carboxylic acids is 1. The van der Waals surface area contributed by atoms with Gasteiger partial charge in [-0.1, -0.05) is 0 Å². The van der Waals surface area contributed by atoms with Gasteiger partial charge in [-0.05, 0) is 69.4 Å². The second-order valence-electron chi connectivity index (χ2n) is 9.14. The van der Waals surface area contributed by atoms with Gasteiger partial charge in [0.1, 0.15) is 11.4 Å². The van der Waals surface area contributed by atoms with E-state index in [0.29, 0.717) is 42.1 Å². The molecule has 0 bridgehead atoms. The number of unbranched alkanes of at least 4 members (excludes halogenated alkanes) is 2. The van der Waals surface area contributed by atoms with E-state index in [2.05, 4.69) is 35.3 Å². The lowest BCUT2D eigenvalue weighted by atomic mass is 10.2. The van der Waals surface area contributed by atoms with E-state index >= 15 is 0 Å². The van der Waals surface area contributed by atoms with Gasteiger partial charge in [0, 0.05) is 17.3 Å². The third-order valence-electron chi connectivity index (χ3n) is 5.97. The number of hydrogen-bond donors (Lipinski definition) is 4. The van der Waals surface area contributed by atoms with Crippen LogP contribution < -0.4 is 26.6 Å². The minimum Gasteiger partial charge on any atom is -0.494 e. The van der Waals surface area contributed by atoms with Gasteiger partial charge < -0.3 is 24.9 Å². The van der Waals surface area contributed by atoms with Crippen molar-refractivity contribution in [3.05, 3.63) is 57.5 Å². The molecule has 0 radical (unpaired) electrons. The number of hydrogen-bond acceptors (Lipinski definition) is 10. The van der Waals surface area contributed by atoms with Gasteiger partial charge in [0.05, 0.1) is 25.5 Å². The van der Waals surface area contributed by atoms with Crippen molar-refractivity contribution in [1.82, 2.24) is 29.5 Å². The Hall–Kier alpha value is -4.68. The van der Waals surface area contributed by atoms with Crippen molar-refractivity contribution in [1.29, 1.82) is 0 Å². The number of aromatic nitrogens is 6. The zero-order chi connectivity index (χ0) is 27.2. The standard InChI is InChI=1S/C26H30N8O5/c1-2-38-21(35)6-4-3-5-13-39-19-11-9-17(10-12-19)28-24-31-22-16(14-20-23(36)32-26(37)30-20)15-27-34(22)25(33-24)29-18-7-8-18/h9-12,14-15,18,36H,2-8,13H2,1H3,(H,28,29,33)(H2,30,32,37). The number of H-pyrrole nitrogens is 2. The number of imidazole rings is 1. The molecule has 0 atom stereocenters. The highest BCUT2D eigenvalue weighted by atomic mass is 16.5. The molecular formula is C26H30N8O5. The highest BCUT2D eigenvalue weighted by Crippen LogP contribution is 2.22. The van der Waals surface area contributed by atoms with Crippen LogP contribution in [0.4, 0.5) is 11.6 Å². The molecule has 3 heterocycles. The third kappa shape index (κ3) is 6.80. The smallest absolute Gasteiger partial charge is 0.326 e. The van der Waals surface area contributed by atoms with Crippen LogP contribution in [-0.4, -0.2) is 59.9 Å². The van der Waals surface area contributed by atoms with Crippen molar-refractivity contribution in [3.8, 4) is 11.6 Å². The third-order valence-corrected chi connectivity index (χ3v) is 5.97. The molecule has 1 aromatic carbocycles. The second-order valence-corrected chi connectivity index (χ2v) is 9.14. The Morgan fingerprint density at radius 1 is 1.21 bits per heavy atom. The zero-order valence-corrected chi connectivity index (χ0v) is 21.5. The number of carbonyl (C=O) groups is 1. The number of nitrogens with zero attached hydrogens (tertiary/aromatic N) is 5. The van der Waals surface area contributed by atoms with Gasteiger partial charge in [-0.25, -0.2) is 9.79 Å². The molecule has 0 unspecified atom stereocenters. The first-order chi connectivity index (χ1) is 19.0. The minimum atomic E-state index is -0.516. The monoisotopic (exact) mass is 534 g/mol. The molecule has 0 spiro atoms. The molecule has 13 heteroatoms. The molecule has 1 saturated carbocycles. The van der Waals surface area contributed by atoms with Crippen LogP contribution >= 0.6 is 0 Å². The molecule has 5 rings (SSSR count). The summed E-state index contributed by atoms with van der Waals surface area (Å²) in [6, 6.07) is 7.66. The summed E-state index contributed by atoms with van der Waals surface area (Å²) in [4.78, 5) is 41.6. The van der Waals surface area contributed by atoms with Crippen LogP contribution in [0, 0.1) is 0 Å². The van der Waals surface area contributed by atoms with E-state index in [1.54, 1.807) is 23.7 Å². The fourth-order valence-corrected chi connectivity index (χ4v) is 3.87. The van der Waals surface area contributed by atoms with E-state index in [1.807, 2.05) is 24.3 Å². The quantitative estimate of drug-likeness (QED) is 0.156. The lowest BCUT2D eigenvalue weighted by Gasteiger charge is -2.08. The fourth-order valence-electron chi connectivity index (χ4n) is 3.87. The van der Waals surface area contributed by atoms with Crippen LogP contribution in [0.2, 0.25) is 0 Å². The Morgan fingerprint density at radius 3 is 2.74 bits per heavy atom. The van der Waals surface area contributed by atoms with E-state index < -0.39 is 5.69 Å². The SMILES string of the molecule is CCOC(=O)CCCCCOc1ccc(Nc2nc(=NC3CC3)n3ncc(=Cc4[nH]c(=O)[nH]c4O)c3n2)cc1. The van der Waals surface area contributed by atoms with E-state index in [1.165, 1.54) is 0 Å². The van der Waals surface area contributed by atoms with Crippen LogP contribution in [0.3, 0.4) is 0 Å². The summed E-state index contributed by atoms with van der Waals surface area (Å²) in [5.74, 6) is 0.643. The van der Waals surface area contributed by atoms with Crippen molar-refractivity contribution in [2.75, 3.05) is 18.5 Å². The molecule has 204 valence electrons. The molecule has 1 aliphatic rings. The number of rotatable bonds is 12. The lowest BCUT2D eigenvalue weighted by molar-refractivity contribution is -0.143. The number of ether oxygens (including phenoxy) is 2. The largest absolute Gasteiger partial charge is 0.494 e. The molecule has 4 aromatic rings. The van der Waals surface area contributed by atoms with Gasteiger partial charge >= 0.3 is 11.7 Å². The first kappa shape index (κ1) is 25.9. The van der Waals surface area contributed by atoms with Crippen LogP contribution in [0.5, 0.6) is 11.6 Å². The Kier molecular flexibility index (Phi) is 7.85. The van der Waals surface area contributed by atoms with E-state index in [0.717, 1.165) is 43.5 Å². The predicted molar refractivity (Wildman–Crippen MR) is 142 cm³/mol. The molecule has 1 aliphatic carbocycles. The number of anilines is 2. The normalized spacial score (nSPS) is 14.2. The number of aromatic hydroxyl groups is 1. The Balaban J connectivity index is 1.28. The fraction of sp³-hybridized carbons (Fsp3) is 0.385. The van der Waals surface area contributed by atoms with Gasteiger partial charge in [0.15, 0.2) is 5.65 Å². The van der Waals surface area contributed by atoms with Gasteiger partial charge in [-0.3, -0.25) is 9.78 Å². The summed E-state index contributed by atoms with van der Waals surface area (Å²) in [7, 11) is 0. The van der Waals surface area contributed by atoms with Crippen molar-refractivity contribution in [2.45, 2.75) is 51.5 Å². The van der Waals surface area contributed by atoms with Crippen molar-refractivity contribution in [2.24, 2.45) is 4.99 Å². The molecule has 39 heavy (non-hydrogen) atoms. The van der Waals surface area contributed by atoms with Gasteiger partial charge in [0.2, 0.25) is 11.8 Å². The number of fused-ring (bicyclic) bond motifs is 1. The van der Waals surface area contributed by atoms with Gasteiger partial charge in [-0.2, -0.15) is 19.6 Å². The molecule has 13 nitrogen and oxygen atoms in total. The number of aromatic amines is 2. The van der Waals surface area contributed by atoms with E-state index in [-0.39, 0.29) is 23.6 Å². The lowest BCUT2D eigenvalue weighted by Crippen LogP contribution is -2.24. The molecule has 0 aliphatic heterocycles.